The molecule has 0 fully saturated rings. The summed E-state index contributed by atoms with van der Waals surface area (Å²) < 4.78 is 7.81. The summed E-state index contributed by atoms with van der Waals surface area (Å²) in [6.07, 6.45) is 1.35. The van der Waals surface area contributed by atoms with E-state index in [4.69, 9.17) is 9.72 Å². The van der Waals surface area contributed by atoms with E-state index in [9.17, 15) is 5.11 Å². The number of aliphatic hydroxyl groups is 1. The average molecular weight is 324 g/mol. The molecule has 1 atom stereocenters. The van der Waals surface area contributed by atoms with Gasteiger partial charge in [-0.15, -0.1) is 0 Å². The first-order valence-electron chi connectivity index (χ1n) is 8.49. The quantitative estimate of drug-likeness (QED) is 0.720. The van der Waals surface area contributed by atoms with Gasteiger partial charge in [-0.3, -0.25) is 0 Å². The van der Waals surface area contributed by atoms with E-state index in [0.29, 0.717) is 6.54 Å². The van der Waals surface area contributed by atoms with Gasteiger partial charge in [-0.1, -0.05) is 36.8 Å². The molecule has 0 aliphatic heterocycles. The van der Waals surface area contributed by atoms with Crippen LogP contribution in [0.2, 0.25) is 0 Å². The highest BCUT2D eigenvalue weighted by atomic mass is 16.5. The number of nitrogens with zero attached hydrogens (tertiary/aromatic N) is 2. The van der Waals surface area contributed by atoms with Crippen LogP contribution in [0.15, 0.2) is 48.5 Å². The molecule has 0 radical (unpaired) electrons. The van der Waals surface area contributed by atoms with Crippen molar-refractivity contribution < 1.29 is 9.84 Å². The third-order valence-corrected chi connectivity index (χ3v) is 4.06. The lowest BCUT2D eigenvalue weighted by molar-refractivity contribution is 0.0927. The molecule has 0 spiro atoms. The van der Waals surface area contributed by atoms with Gasteiger partial charge >= 0.3 is 0 Å². The van der Waals surface area contributed by atoms with Gasteiger partial charge in [0.05, 0.1) is 17.6 Å². The van der Waals surface area contributed by atoms with Crippen LogP contribution in [-0.2, 0) is 13.0 Å². The number of rotatable bonds is 7. The molecule has 1 heterocycles. The molecular weight excluding hydrogens is 300 g/mol. The monoisotopic (exact) mass is 324 g/mol. The molecule has 2 aromatic carbocycles. The van der Waals surface area contributed by atoms with Crippen LogP contribution in [0.3, 0.4) is 0 Å². The maximum atomic E-state index is 10.4. The minimum atomic E-state index is -0.584. The molecule has 0 bridgehead atoms. The first kappa shape index (κ1) is 16.5. The molecule has 3 rings (SSSR count). The molecule has 1 N–H and O–H groups in total. The molecular formula is C20H24N2O2. The maximum Gasteiger partial charge on any atom is 0.119 e. The summed E-state index contributed by atoms with van der Waals surface area (Å²) in [6, 6.07) is 15.9. The van der Waals surface area contributed by atoms with E-state index in [1.54, 1.807) is 0 Å². The summed E-state index contributed by atoms with van der Waals surface area (Å²) in [4.78, 5) is 4.69. The van der Waals surface area contributed by atoms with E-state index in [2.05, 4.69) is 17.6 Å². The second-order valence-corrected chi connectivity index (χ2v) is 6.16. The molecule has 0 aliphatic carbocycles. The highest BCUT2D eigenvalue weighted by Gasteiger charge is 2.14. The van der Waals surface area contributed by atoms with Crippen LogP contribution in [-0.4, -0.2) is 27.4 Å². The Bertz CT molecular complexity index is 793. The third kappa shape index (κ3) is 3.77. The van der Waals surface area contributed by atoms with E-state index in [-0.39, 0.29) is 6.61 Å². The Morgan fingerprint density at radius 3 is 2.62 bits per heavy atom. The molecule has 24 heavy (non-hydrogen) atoms. The third-order valence-electron chi connectivity index (χ3n) is 4.06. The number of aryl methyl sites for hydroxylation is 2. The lowest BCUT2D eigenvalue weighted by Gasteiger charge is -2.15. The van der Waals surface area contributed by atoms with Crippen LogP contribution in [0.25, 0.3) is 11.0 Å². The lowest BCUT2D eigenvalue weighted by Crippen LogP contribution is -2.24. The second-order valence-electron chi connectivity index (χ2n) is 6.16. The maximum absolute atomic E-state index is 10.4. The number of hydrogen-bond donors (Lipinski definition) is 1. The molecule has 0 saturated carbocycles. The van der Waals surface area contributed by atoms with Crippen molar-refractivity contribution in [3.63, 3.8) is 0 Å². The number of hydrogen-bond acceptors (Lipinski definition) is 3. The van der Waals surface area contributed by atoms with Crippen LogP contribution >= 0.6 is 0 Å². The van der Waals surface area contributed by atoms with Crippen molar-refractivity contribution in [3.05, 3.63) is 59.9 Å². The predicted molar refractivity (Wildman–Crippen MR) is 96.4 cm³/mol. The van der Waals surface area contributed by atoms with Crippen molar-refractivity contribution >= 4 is 11.0 Å². The van der Waals surface area contributed by atoms with E-state index >= 15 is 0 Å². The van der Waals surface area contributed by atoms with Crippen LogP contribution < -0.4 is 4.74 Å². The number of benzene rings is 2. The van der Waals surface area contributed by atoms with Crippen molar-refractivity contribution in [2.24, 2.45) is 0 Å². The normalized spacial score (nSPS) is 12.5. The molecule has 4 heteroatoms. The summed E-state index contributed by atoms with van der Waals surface area (Å²) in [7, 11) is 0. The Balaban J connectivity index is 1.71. The number of ether oxygens (including phenoxy) is 1. The fourth-order valence-electron chi connectivity index (χ4n) is 2.83. The van der Waals surface area contributed by atoms with Gasteiger partial charge in [0, 0.05) is 6.42 Å². The van der Waals surface area contributed by atoms with Crippen molar-refractivity contribution in [2.75, 3.05) is 6.61 Å². The van der Waals surface area contributed by atoms with Crippen molar-refractivity contribution in [1.82, 2.24) is 9.55 Å². The molecule has 3 aromatic rings. The smallest absolute Gasteiger partial charge is 0.119 e. The first-order chi connectivity index (χ1) is 11.7. The van der Waals surface area contributed by atoms with Crippen molar-refractivity contribution in [3.8, 4) is 5.75 Å². The molecule has 0 unspecified atom stereocenters. The number of para-hydroxylation sites is 2. The van der Waals surface area contributed by atoms with Gasteiger partial charge in [-0.05, 0) is 37.6 Å². The fourth-order valence-corrected chi connectivity index (χ4v) is 2.83. The zero-order valence-electron chi connectivity index (χ0n) is 14.3. The van der Waals surface area contributed by atoms with Crippen LogP contribution in [0, 0.1) is 6.92 Å². The van der Waals surface area contributed by atoms with Gasteiger partial charge in [-0.25, -0.2) is 4.98 Å². The summed E-state index contributed by atoms with van der Waals surface area (Å²) in [5, 5.41) is 10.4. The minimum absolute atomic E-state index is 0.265. The lowest BCUT2D eigenvalue weighted by atomic mass is 10.2. The van der Waals surface area contributed by atoms with Crippen molar-refractivity contribution in [2.45, 2.75) is 39.3 Å². The first-order valence-corrected chi connectivity index (χ1v) is 8.49. The largest absolute Gasteiger partial charge is 0.491 e. The zero-order chi connectivity index (χ0) is 16.9. The second kappa shape index (κ2) is 7.49. The van der Waals surface area contributed by atoms with Gasteiger partial charge in [0.25, 0.3) is 0 Å². The van der Waals surface area contributed by atoms with E-state index in [1.165, 1.54) is 5.56 Å². The van der Waals surface area contributed by atoms with Crippen molar-refractivity contribution in [1.29, 1.82) is 0 Å². The SMILES string of the molecule is CCCc1nc2ccccc2n1C[C@@H](O)COc1ccc(C)cc1. The van der Waals surface area contributed by atoms with Gasteiger partial charge in [-0.2, -0.15) is 0 Å². The Morgan fingerprint density at radius 1 is 1.12 bits per heavy atom. The van der Waals surface area contributed by atoms with E-state index in [1.807, 2.05) is 49.4 Å². The Morgan fingerprint density at radius 2 is 1.88 bits per heavy atom. The topological polar surface area (TPSA) is 47.3 Å². The Hall–Kier alpha value is -2.33. The summed E-state index contributed by atoms with van der Waals surface area (Å²) in [6.45, 7) is 4.93. The predicted octanol–water partition coefficient (Wildman–Crippen LogP) is 3.74. The molecule has 0 saturated heterocycles. The number of aromatic nitrogens is 2. The molecule has 0 aliphatic rings. The summed E-state index contributed by atoms with van der Waals surface area (Å²) in [5.41, 5.74) is 3.24. The van der Waals surface area contributed by atoms with Gasteiger partial charge in [0.2, 0.25) is 0 Å². The van der Waals surface area contributed by atoms with E-state index < -0.39 is 6.10 Å². The number of fused-ring (bicyclic) bond motifs is 1. The van der Waals surface area contributed by atoms with E-state index in [0.717, 1.165) is 35.4 Å². The average Bonchev–Trinajstić information content (AvgIpc) is 2.92. The minimum Gasteiger partial charge on any atom is -0.491 e. The highest BCUT2D eigenvalue weighted by molar-refractivity contribution is 5.75. The Kier molecular flexibility index (Phi) is 5.16. The summed E-state index contributed by atoms with van der Waals surface area (Å²) >= 11 is 0. The fraction of sp³-hybridized carbons (Fsp3) is 0.350. The number of aliphatic hydroxyl groups excluding tert-OH is 1. The van der Waals surface area contributed by atoms with Gasteiger partial charge in [0.1, 0.15) is 24.3 Å². The standard InChI is InChI=1S/C20H24N2O2/c1-3-6-20-21-18-7-4-5-8-19(18)22(20)13-16(23)14-24-17-11-9-15(2)10-12-17/h4-5,7-12,16,23H,3,6,13-14H2,1-2H3/t16-/m1/s1. The Labute approximate surface area is 142 Å². The molecule has 4 nitrogen and oxygen atoms in total. The van der Waals surface area contributed by atoms with Gasteiger partial charge < -0.3 is 14.4 Å². The summed E-state index contributed by atoms with van der Waals surface area (Å²) in [5.74, 6) is 1.80. The van der Waals surface area contributed by atoms with Gasteiger partial charge in [0.15, 0.2) is 0 Å². The zero-order valence-corrected chi connectivity index (χ0v) is 14.3. The van der Waals surface area contributed by atoms with Crippen LogP contribution in [0.1, 0.15) is 24.7 Å². The molecule has 0 amide bonds. The van der Waals surface area contributed by atoms with Crippen LogP contribution in [0.5, 0.6) is 5.75 Å². The molecule has 1 aromatic heterocycles. The van der Waals surface area contributed by atoms with Crippen LogP contribution in [0.4, 0.5) is 0 Å². The molecule has 126 valence electrons. The highest BCUT2D eigenvalue weighted by Crippen LogP contribution is 2.18. The number of imidazole rings is 1.